The standard InChI is InChI=1S/C16H31N/c1-4-14-6-5-7-16(11-14)8-9-17-12-15(16)10-13(2)3/h13-15,17H,4-12H2,1-3H3. The maximum atomic E-state index is 3.64. The average Bonchev–Trinajstić information content (AvgIpc) is 2.32. The summed E-state index contributed by atoms with van der Waals surface area (Å²) in [6.07, 6.45) is 10.3. The molecule has 2 fully saturated rings. The summed E-state index contributed by atoms with van der Waals surface area (Å²) < 4.78 is 0. The second-order valence-corrected chi connectivity index (χ2v) is 7.01. The molecule has 1 aliphatic heterocycles. The third kappa shape index (κ3) is 3.05. The Morgan fingerprint density at radius 1 is 1.29 bits per heavy atom. The van der Waals surface area contributed by atoms with Crippen molar-refractivity contribution in [2.24, 2.45) is 23.2 Å². The lowest BCUT2D eigenvalue weighted by molar-refractivity contribution is 0.0210. The lowest BCUT2D eigenvalue weighted by atomic mass is 9.58. The first-order valence-corrected chi connectivity index (χ1v) is 7.87. The Labute approximate surface area is 108 Å². The number of hydrogen-bond donors (Lipinski definition) is 1. The molecular formula is C16H31N. The van der Waals surface area contributed by atoms with E-state index in [2.05, 4.69) is 26.1 Å². The van der Waals surface area contributed by atoms with Crippen LogP contribution in [0.4, 0.5) is 0 Å². The van der Waals surface area contributed by atoms with Gasteiger partial charge >= 0.3 is 0 Å². The summed E-state index contributed by atoms with van der Waals surface area (Å²) in [5, 5.41) is 3.64. The van der Waals surface area contributed by atoms with Gasteiger partial charge in [-0.1, -0.05) is 40.0 Å². The lowest BCUT2D eigenvalue weighted by Crippen LogP contribution is -2.48. The van der Waals surface area contributed by atoms with E-state index in [1.54, 1.807) is 0 Å². The summed E-state index contributed by atoms with van der Waals surface area (Å²) in [4.78, 5) is 0. The summed E-state index contributed by atoms with van der Waals surface area (Å²) in [7, 11) is 0. The van der Waals surface area contributed by atoms with Gasteiger partial charge in [-0.25, -0.2) is 0 Å². The Bertz CT molecular complexity index is 232. The largest absolute Gasteiger partial charge is 0.316 e. The molecule has 1 aliphatic carbocycles. The fraction of sp³-hybridized carbons (Fsp3) is 1.00. The van der Waals surface area contributed by atoms with Crippen molar-refractivity contribution in [1.82, 2.24) is 5.32 Å². The first-order chi connectivity index (χ1) is 8.16. The Morgan fingerprint density at radius 2 is 2.12 bits per heavy atom. The molecule has 3 unspecified atom stereocenters. The van der Waals surface area contributed by atoms with Gasteiger partial charge in [0.2, 0.25) is 0 Å². The van der Waals surface area contributed by atoms with E-state index in [0.717, 1.165) is 17.8 Å². The highest BCUT2D eigenvalue weighted by molar-refractivity contribution is 4.95. The van der Waals surface area contributed by atoms with Crippen molar-refractivity contribution in [2.45, 2.75) is 65.7 Å². The zero-order chi connectivity index (χ0) is 12.3. The summed E-state index contributed by atoms with van der Waals surface area (Å²) >= 11 is 0. The third-order valence-corrected chi connectivity index (χ3v) is 5.37. The smallest absolute Gasteiger partial charge is 0.00151 e. The Balaban J connectivity index is 2.07. The number of nitrogens with one attached hydrogen (secondary N) is 1. The van der Waals surface area contributed by atoms with Gasteiger partial charge in [-0.3, -0.25) is 0 Å². The van der Waals surface area contributed by atoms with Gasteiger partial charge in [-0.05, 0) is 61.9 Å². The van der Waals surface area contributed by atoms with Crippen molar-refractivity contribution < 1.29 is 0 Å². The molecule has 0 aromatic rings. The van der Waals surface area contributed by atoms with E-state index in [9.17, 15) is 0 Å². The van der Waals surface area contributed by atoms with Crippen LogP contribution in [0, 0.1) is 23.2 Å². The highest BCUT2D eigenvalue weighted by atomic mass is 14.9. The van der Waals surface area contributed by atoms with Crippen LogP contribution in [0.5, 0.6) is 0 Å². The van der Waals surface area contributed by atoms with Gasteiger partial charge in [-0.15, -0.1) is 0 Å². The summed E-state index contributed by atoms with van der Waals surface area (Å²) in [6.45, 7) is 9.73. The first-order valence-electron chi connectivity index (χ1n) is 7.87. The van der Waals surface area contributed by atoms with E-state index in [0.29, 0.717) is 5.41 Å². The number of rotatable bonds is 3. The lowest BCUT2D eigenvalue weighted by Gasteiger charge is -2.50. The molecule has 1 N–H and O–H groups in total. The molecule has 17 heavy (non-hydrogen) atoms. The SMILES string of the molecule is CCC1CCCC2(CCNCC2CC(C)C)C1. The highest BCUT2D eigenvalue weighted by Gasteiger charge is 2.43. The monoisotopic (exact) mass is 237 g/mol. The van der Waals surface area contributed by atoms with Crippen molar-refractivity contribution in [3.8, 4) is 0 Å². The van der Waals surface area contributed by atoms with Crippen LogP contribution in [-0.2, 0) is 0 Å². The van der Waals surface area contributed by atoms with Crippen molar-refractivity contribution in [1.29, 1.82) is 0 Å². The predicted octanol–water partition coefficient (Wildman–Crippen LogP) is 4.23. The molecule has 1 saturated heterocycles. The van der Waals surface area contributed by atoms with Gasteiger partial charge in [-0.2, -0.15) is 0 Å². The van der Waals surface area contributed by atoms with Crippen LogP contribution in [0.25, 0.3) is 0 Å². The van der Waals surface area contributed by atoms with E-state index in [1.165, 1.54) is 58.0 Å². The van der Waals surface area contributed by atoms with Crippen LogP contribution in [0.15, 0.2) is 0 Å². The molecule has 0 amide bonds. The van der Waals surface area contributed by atoms with Crippen LogP contribution in [0.1, 0.15) is 65.7 Å². The van der Waals surface area contributed by atoms with E-state index >= 15 is 0 Å². The fourth-order valence-electron chi connectivity index (χ4n) is 4.40. The molecule has 3 atom stereocenters. The van der Waals surface area contributed by atoms with Gasteiger partial charge in [0.25, 0.3) is 0 Å². The average molecular weight is 237 g/mol. The zero-order valence-electron chi connectivity index (χ0n) is 12.1. The first kappa shape index (κ1) is 13.4. The third-order valence-electron chi connectivity index (χ3n) is 5.37. The minimum Gasteiger partial charge on any atom is -0.316 e. The maximum Gasteiger partial charge on any atom is -0.00151 e. The topological polar surface area (TPSA) is 12.0 Å². The molecule has 1 nitrogen and oxygen atoms in total. The normalized spacial score (nSPS) is 38.8. The molecule has 0 aromatic heterocycles. The molecule has 2 rings (SSSR count). The zero-order valence-corrected chi connectivity index (χ0v) is 12.1. The van der Waals surface area contributed by atoms with Crippen molar-refractivity contribution in [3.05, 3.63) is 0 Å². The van der Waals surface area contributed by atoms with E-state index in [4.69, 9.17) is 0 Å². The highest BCUT2D eigenvalue weighted by Crippen LogP contribution is 2.50. The van der Waals surface area contributed by atoms with Crippen LogP contribution >= 0.6 is 0 Å². The summed E-state index contributed by atoms with van der Waals surface area (Å²) in [5.74, 6) is 2.83. The molecule has 2 aliphatic rings. The fourth-order valence-corrected chi connectivity index (χ4v) is 4.40. The van der Waals surface area contributed by atoms with Crippen molar-refractivity contribution >= 4 is 0 Å². The number of hydrogen-bond acceptors (Lipinski definition) is 1. The van der Waals surface area contributed by atoms with Gasteiger partial charge in [0.05, 0.1) is 0 Å². The maximum absolute atomic E-state index is 3.64. The Morgan fingerprint density at radius 3 is 2.82 bits per heavy atom. The summed E-state index contributed by atoms with van der Waals surface area (Å²) in [6, 6.07) is 0. The molecular weight excluding hydrogens is 206 g/mol. The van der Waals surface area contributed by atoms with Crippen LogP contribution < -0.4 is 5.32 Å². The Hall–Kier alpha value is -0.0400. The van der Waals surface area contributed by atoms with Gasteiger partial charge in [0, 0.05) is 0 Å². The molecule has 1 saturated carbocycles. The minimum atomic E-state index is 0.717. The van der Waals surface area contributed by atoms with Crippen LogP contribution in [0.2, 0.25) is 0 Å². The van der Waals surface area contributed by atoms with E-state index < -0.39 is 0 Å². The van der Waals surface area contributed by atoms with Crippen LogP contribution in [0.3, 0.4) is 0 Å². The second kappa shape index (κ2) is 5.73. The van der Waals surface area contributed by atoms with Crippen molar-refractivity contribution in [2.75, 3.05) is 13.1 Å². The molecule has 0 bridgehead atoms. The van der Waals surface area contributed by atoms with Crippen molar-refractivity contribution in [3.63, 3.8) is 0 Å². The molecule has 0 radical (unpaired) electrons. The molecule has 1 heterocycles. The molecule has 0 aromatic carbocycles. The van der Waals surface area contributed by atoms with Crippen LogP contribution in [-0.4, -0.2) is 13.1 Å². The number of piperidine rings is 1. The molecule has 100 valence electrons. The van der Waals surface area contributed by atoms with E-state index in [-0.39, 0.29) is 0 Å². The minimum absolute atomic E-state index is 0.717. The molecule has 1 heteroatoms. The van der Waals surface area contributed by atoms with Gasteiger partial charge in [0.15, 0.2) is 0 Å². The predicted molar refractivity (Wildman–Crippen MR) is 75.1 cm³/mol. The molecule has 1 spiro atoms. The van der Waals surface area contributed by atoms with Gasteiger partial charge in [0.1, 0.15) is 0 Å². The second-order valence-electron chi connectivity index (χ2n) is 7.01. The summed E-state index contributed by atoms with van der Waals surface area (Å²) in [5.41, 5.74) is 0.717. The quantitative estimate of drug-likeness (QED) is 0.774. The van der Waals surface area contributed by atoms with E-state index in [1.807, 2.05) is 0 Å². The van der Waals surface area contributed by atoms with Gasteiger partial charge < -0.3 is 5.32 Å². The Kier molecular flexibility index (Phi) is 4.52.